The zero-order valence-corrected chi connectivity index (χ0v) is 18.4. The summed E-state index contributed by atoms with van der Waals surface area (Å²) >= 11 is 1.38. The van der Waals surface area contributed by atoms with Gasteiger partial charge in [0.15, 0.2) is 22.1 Å². The molecule has 0 spiro atoms. The van der Waals surface area contributed by atoms with E-state index in [4.69, 9.17) is 0 Å². The first-order valence-electron chi connectivity index (χ1n) is 9.63. The number of hydrogen-bond donors (Lipinski definition) is 1. The number of rotatable bonds is 6. The Balaban J connectivity index is 1.42. The summed E-state index contributed by atoms with van der Waals surface area (Å²) in [6, 6.07) is 0. The number of anilines is 1. The van der Waals surface area contributed by atoms with E-state index in [0.717, 1.165) is 21.0 Å². The second-order valence-corrected chi connectivity index (χ2v) is 8.26. The maximum Gasteiger partial charge on any atom is 0.332 e. The normalized spacial score (nSPS) is 11.4. The molecule has 1 N–H and O–H groups in total. The first-order chi connectivity index (χ1) is 14.8. The van der Waals surface area contributed by atoms with Gasteiger partial charge in [-0.2, -0.15) is 0 Å². The third-order valence-electron chi connectivity index (χ3n) is 5.09. The smallest absolute Gasteiger partial charge is 0.332 e. The van der Waals surface area contributed by atoms with Gasteiger partial charge in [0.25, 0.3) is 5.56 Å². The van der Waals surface area contributed by atoms with Crippen LogP contribution in [0.15, 0.2) is 28.3 Å². The molecule has 12 heteroatoms. The molecule has 4 aromatic heterocycles. The van der Waals surface area contributed by atoms with Crippen molar-refractivity contribution in [3.05, 3.63) is 45.3 Å². The number of fused-ring (bicyclic) bond motifs is 1. The number of hydrogen-bond acceptors (Lipinski definition) is 7. The minimum absolute atomic E-state index is 0.162. The van der Waals surface area contributed by atoms with Gasteiger partial charge < -0.3 is 14.5 Å². The van der Waals surface area contributed by atoms with Crippen LogP contribution in [0.5, 0.6) is 0 Å². The van der Waals surface area contributed by atoms with Gasteiger partial charge in [0.2, 0.25) is 5.91 Å². The van der Waals surface area contributed by atoms with Crippen LogP contribution >= 0.6 is 11.3 Å². The molecule has 4 aromatic rings. The van der Waals surface area contributed by atoms with Crippen molar-refractivity contribution in [1.29, 1.82) is 0 Å². The van der Waals surface area contributed by atoms with Crippen LogP contribution in [0.2, 0.25) is 0 Å². The monoisotopic (exact) mass is 442 g/mol. The van der Waals surface area contributed by atoms with E-state index in [1.807, 2.05) is 24.7 Å². The summed E-state index contributed by atoms with van der Waals surface area (Å²) in [6.07, 6.45) is 5.85. The molecule has 1 amide bonds. The van der Waals surface area contributed by atoms with Gasteiger partial charge in [-0.3, -0.25) is 18.7 Å². The fourth-order valence-electron chi connectivity index (χ4n) is 3.40. The lowest BCUT2D eigenvalue weighted by molar-refractivity contribution is -0.116. The zero-order valence-electron chi connectivity index (χ0n) is 17.6. The number of thiazole rings is 1. The number of imidazole rings is 2. The Morgan fingerprint density at radius 1 is 1.16 bits per heavy atom. The summed E-state index contributed by atoms with van der Waals surface area (Å²) in [5.74, 6) is 0.642. The van der Waals surface area contributed by atoms with Crippen molar-refractivity contribution in [2.45, 2.75) is 26.3 Å². The van der Waals surface area contributed by atoms with Crippen molar-refractivity contribution in [1.82, 2.24) is 33.2 Å². The van der Waals surface area contributed by atoms with Gasteiger partial charge in [-0.15, -0.1) is 0 Å². The first kappa shape index (κ1) is 20.7. The zero-order chi connectivity index (χ0) is 22.3. The van der Waals surface area contributed by atoms with Crippen molar-refractivity contribution in [3.63, 3.8) is 0 Å². The van der Waals surface area contributed by atoms with Crippen molar-refractivity contribution in [2.24, 2.45) is 21.1 Å². The maximum absolute atomic E-state index is 12.5. The highest BCUT2D eigenvalue weighted by Gasteiger charge is 2.16. The quantitative estimate of drug-likeness (QED) is 0.476. The summed E-state index contributed by atoms with van der Waals surface area (Å²) in [5.41, 5.74) is 0.657. The van der Waals surface area contributed by atoms with Gasteiger partial charge in [-0.1, -0.05) is 11.3 Å². The Bertz CT molecular complexity index is 1400. The van der Waals surface area contributed by atoms with Crippen LogP contribution in [-0.4, -0.2) is 39.1 Å². The van der Waals surface area contributed by atoms with E-state index in [-0.39, 0.29) is 12.3 Å². The Labute approximate surface area is 180 Å². The average Bonchev–Trinajstić information content (AvgIpc) is 3.43. The number of carbonyl (C=O) groups excluding carboxylic acids is 1. The second-order valence-electron chi connectivity index (χ2n) is 7.26. The van der Waals surface area contributed by atoms with E-state index < -0.39 is 11.2 Å². The van der Waals surface area contributed by atoms with E-state index in [1.165, 1.54) is 29.3 Å². The molecule has 4 heterocycles. The molecule has 0 radical (unpaired) electrons. The summed E-state index contributed by atoms with van der Waals surface area (Å²) in [5, 5.41) is 3.36. The molecule has 0 aliphatic rings. The summed E-state index contributed by atoms with van der Waals surface area (Å²) in [6.45, 7) is 2.31. The topological polar surface area (TPSA) is 122 Å². The molecule has 0 saturated heterocycles. The molecule has 0 atom stereocenters. The van der Waals surface area contributed by atoms with Crippen LogP contribution in [0.3, 0.4) is 0 Å². The van der Waals surface area contributed by atoms with Gasteiger partial charge in [-0.25, -0.2) is 19.7 Å². The van der Waals surface area contributed by atoms with Gasteiger partial charge in [-0.05, 0) is 13.3 Å². The van der Waals surface area contributed by atoms with Gasteiger partial charge in [0, 0.05) is 46.5 Å². The number of nitrogens with zero attached hydrogens (tertiary/aromatic N) is 7. The number of aromatic nitrogens is 7. The summed E-state index contributed by atoms with van der Waals surface area (Å²) in [7, 11) is 4.92. The van der Waals surface area contributed by atoms with Crippen molar-refractivity contribution >= 4 is 33.5 Å². The van der Waals surface area contributed by atoms with E-state index in [9.17, 15) is 14.4 Å². The number of nitrogens with one attached hydrogen (secondary N) is 1. The third kappa shape index (κ3) is 3.69. The van der Waals surface area contributed by atoms with Crippen molar-refractivity contribution < 1.29 is 4.79 Å². The molecule has 0 aromatic carbocycles. The van der Waals surface area contributed by atoms with E-state index in [1.54, 1.807) is 17.8 Å². The molecule has 162 valence electrons. The average molecular weight is 443 g/mol. The first-order valence-corrected chi connectivity index (χ1v) is 10.5. The largest absolute Gasteiger partial charge is 0.333 e. The molecular formula is C19H22N8O3S. The molecule has 0 unspecified atom stereocenters. The van der Waals surface area contributed by atoms with E-state index in [0.29, 0.717) is 29.3 Å². The molecule has 31 heavy (non-hydrogen) atoms. The Hall–Kier alpha value is -3.54. The van der Waals surface area contributed by atoms with E-state index in [2.05, 4.69) is 20.3 Å². The van der Waals surface area contributed by atoms with E-state index >= 15 is 0 Å². The minimum atomic E-state index is -0.425. The number of amides is 1. The number of aryl methyl sites for hydroxylation is 4. The lowest BCUT2D eigenvalue weighted by Crippen LogP contribution is -2.37. The molecule has 11 nitrogen and oxygen atoms in total. The highest BCUT2D eigenvalue weighted by molar-refractivity contribution is 7.19. The fraction of sp³-hybridized carbons (Fsp3) is 0.368. The van der Waals surface area contributed by atoms with Crippen LogP contribution in [-0.2, 0) is 32.5 Å². The molecular weight excluding hydrogens is 420 g/mol. The van der Waals surface area contributed by atoms with Crippen LogP contribution in [0.25, 0.3) is 21.9 Å². The molecule has 0 bridgehead atoms. The Morgan fingerprint density at radius 3 is 2.65 bits per heavy atom. The predicted octanol–water partition coefficient (Wildman–Crippen LogP) is 1.02. The van der Waals surface area contributed by atoms with Gasteiger partial charge in [0.05, 0.1) is 16.9 Å². The standard InChI is InChI=1S/C19H22N8O3S/c1-11-14(16-20-7-9-24(16)2)31-18(22-11)23-12(28)6-5-8-27-10-21-15-13(27)17(29)26(4)19(30)25(15)3/h7,9-10H,5-6,8H2,1-4H3,(H,22,23,28). The van der Waals surface area contributed by atoms with Crippen LogP contribution in [0.1, 0.15) is 18.5 Å². The lowest BCUT2D eigenvalue weighted by Gasteiger charge is -2.06. The number of carbonyl (C=O) groups is 1. The molecule has 4 rings (SSSR count). The van der Waals surface area contributed by atoms with Crippen LogP contribution in [0, 0.1) is 6.92 Å². The van der Waals surface area contributed by atoms with Crippen LogP contribution < -0.4 is 16.6 Å². The second kappa shape index (κ2) is 7.95. The Kier molecular flexibility index (Phi) is 5.31. The van der Waals surface area contributed by atoms with Crippen LogP contribution in [0.4, 0.5) is 5.13 Å². The van der Waals surface area contributed by atoms with Crippen molar-refractivity contribution in [2.75, 3.05) is 5.32 Å². The molecule has 0 aliphatic heterocycles. The van der Waals surface area contributed by atoms with Crippen molar-refractivity contribution in [3.8, 4) is 10.7 Å². The maximum atomic E-state index is 12.5. The van der Waals surface area contributed by atoms with Gasteiger partial charge in [0.1, 0.15) is 0 Å². The highest BCUT2D eigenvalue weighted by Crippen LogP contribution is 2.31. The molecule has 0 aliphatic carbocycles. The summed E-state index contributed by atoms with van der Waals surface area (Å²) in [4.78, 5) is 50.7. The van der Waals surface area contributed by atoms with Gasteiger partial charge >= 0.3 is 5.69 Å². The Morgan fingerprint density at radius 2 is 1.94 bits per heavy atom. The SMILES string of the molecule is Cc1nc(NC(=O)CCCn2cnc3c2c(=O)n(C)c(=O)n3C)sc1-c1nccn1C. The molecule has 0 fully saturated rings. The molecule has 0 saturated carbocycles. The highest BCUT2D eigenvalue weighted by atomic mass is 32.1. The minimum Gasteiger partial charge on any atom is -0.333 e. The summed E-state index contributed by atoms with van der Waals surface area (Å²) < 4.78 is 5.97. The third-order valence-corrected chi connectivity index (χ3v) is 6.16. The predicted molar refractivity (Wildman–Crippen MR) is 117 cm³/mol. The lowest BCUT2D eigenvalue weighted by atomic mass is 10.3. The fourth-order valence-corrected chi connectivity index (χ4v) is 4.42.